The Kier molecular flexibility index (Phi) is 3.42. The van der Waals surface area contributed by atoms with E-state index in [0.29, 0.717) is 0 Å². The van der Waals surface area contributed by atoms with Gasteiger partial charge in [0.25, 0.3) is 0 Å². The molecule has 5 aliphatic rings. The highest BCUT2D eigenvalue weighted by Crippen LogP contribution is 2.66. The minimum atomic E-state index is 1.04. The van der Waals surface area contributed by atoms with Crippen LogP contribution in [-0.2, 0) is 0 Å². The van der Waals surface area contributed by atoms with Gasteiger partial charge in [0.1, 0.15) is 0 Å². The van der Waals surface area contributed by atoms with Gasteiger partial charge in [-0.3, -0.25) is 0 Å². The molecule has 0 bridgehead atoms. The molecule has 10 unspecified atom stereocenters. The lowest BCUT2D eigenvalue weighted by Crippen LogP contribution is -2.58. The fraction of sp³-hybridized carbons (Fsp3) is 1.00. The van der Waals surface area contributed by atoms with Gasteiger partial charge in [-0.05, 0) is 97.7 Å². The van der Waals surface area contributed by atoms with Crippen molar-refractivity contribution < 1.29 is 0 Å². The van der Waals surface area contributed by atoms with Crippen molar-refractivity contribution in [2.75, 3.05) is 0 Å². The standard InChI is InChI=1S/C22H36/c1-13-9-11-19-18-8-4-6-16-14(2)10-12-20(22(16)18)17-7-3-5-15(13)21(17)19/h13-22H,3-12H2,1-2H3. The largest absolute Gasteiger partial charge is 0.0622 e. The van der Waals surface area contributed by atoms with E-state index in [-0.39, 0.29) is 0 Å². The second kappa shape index (κ2) is 5.25. The molecule has 0 amide bonds. The Morgan fingerprint density at radius 3 is 1.23 bits per heavy atom. The van der Waals surface area contributed by atoms with Gasteiger partial charge >= 0.3 is 0 Å². The molecular formula is C22H36. The number of rotatable bonds is 0. The van der Waals surface area contributed by atoms with Crippen LogP contribution in [0.5, 0.6) is 0 Å². The van der Waals surface area contributed by atoms with E-state index >= 15 is 0 Å². The van der Waals surface area contributed by atoms with Crippen LogP contribution in [0.2, 0.25) is 0 Å². The van der Waals surface area contributed by atoms with Gasteiger partial charge in [0.2, 0.25) is 0 Å². The predicted octanol–water partition coefficient (Wildman–Crippen LogP) is 6.16. The Balaban J connectivity index is 1.54. The first-order valence-electron chi connectivity index (χ1n) is 10.8. The normalized spacial score (nSPS) is 60.3. The van der Waals surface area contributed by atoms with Gasteiger partial charge < -0.3 is 0 Å². The van der Waals surface area contributed by atoms with Crippen LogP contribution in [-0.4, -0.2) is 0 Å². The van der Waals surface area contributed by atoms with E-state index in [4.69, 9.17) is 0 Å². The second-order valence-corrected chi connectivity index (χ2v) is 10.1. The van der Waals surface area contributed by atoms with E-state index < -0.39 is 0 Å². The topological polar surface area (TPSA) is 0 Å². The van der Waals surface area contributed by atoms with Crippen LogP contribution in [0.25, 0.3) is 0 Å². The lowest BCUT2D eigenvalue weighted by Gasteiger charge is -2.64. The van der Waals surface area contributed by atoms with Gasteiger partial charge in [0.05, 0.1) is 0 Å². The second-order valence-electron chi connectivity index (χ2n) is 10.1. The Hall–Kier alpha value is 0. The van der Waals surface area contributed by atoms with E-state index in [9.17, 15) is 0 Å². The van der Waals surface area contributed by atoms with E-state index in [1.165, 1.54) is 0 Å². The summed E-state index contributed by atoms with van der Waals surface area (Å²) in [6, 6.07) is 0. The van der Waals surface area contributed by atoms with Gasteiger partial charge in [0.15, 0.2) is 0 Å². The Labute approximate surface area is 137 Å². The van der Waals surface area contributed by atoms with Crippen molar-refractivity contribution in [2.24, 2.45) is 59.2 Å². The molecule has 124 valence electrons. The molecule has 10 atom stereocenters. The summed E-state index contributed by atoms with van der Waals surface area (Å²) in [5, 5.41) is 0. The number of hydrogen-bond acceptors (Lipinski definition) is 0. The molecule has 0 aromatic heterocycles. The SMILES string of the molecule is CC1CCC2C3CCCC4C(C)CCC(C5CCCC1C52)C43. The van der Waals surface area contributed by atoms with Crippen molar-refractivity contribution in [2.45, 2.75) is 78.1 Å². The average molecular weight is 301 g/mol. The summed E-state index contributed by atoms with van der Waals surface area (Å²) in [5.74, 6) is 11.3. The van der Waals surface area contributed by atoms with E-state index in [1.807, 2.05) is 0 Å². The summed E-state index contributed by atoms with van der Waals surface area (Å²) < 4.78 is 0. The van der Waals surface area contributed by atoms with Crippen LogP contribution in [0.4, 0.5) is 0 Å². The third kappa shape index (κ3) is 1.88. The summed E-state index contributed by atoms with van der Waals surface area (Å²) in [5.41, 5.74) is 0. The molecule has 5 saturated carbocycles. The lowest BCUT2D eigenvalue weighted by atomic mass is 9.41. The quantitative estimate of drug-likeness (QED) is 0.503. The van der Waals surface area contributed by atoms with Gasteiger partial charge in [-0.15, -0.1) is 0 Å². The van der Waals surface area contributed by atoms with Gasteiger partial charge in [-0.2, -0.15) is 0 Å². The number of hydrogen-bond donors (Lipinski definition) is 0. The van der Waals surface area contributed by atoms with E-state index in [0.717, 1.165) is 59.2 Å². The average Bonchev–Trinajstić information content (AvgIpc) is 2.55. The third-order valence-corrected chi connectivity index (χ3v) is 9.59. The first kappa shape index (κ1) is 14.4. The van der Waals surface area contributed by atoms with Crippen LogP contribution >= 0.6 is 0 Å². The third-order valence-electron chi connectivity index (χ3n) is 9.59. The Morgan fingerprint density at radius 1 is 0.409 bits per heavy atom. The van der Waals surface area contributed by atoms with E-state index in [2.05, 4.69) is 13.8 Å². The molecule has 0 N–H and O–H groups in total. The summed E-state index contributed by atoms with van der Waals surface area (Å²) in [6.07, 6.45) is 15.9. The molecule has 22 heavy (non-hydrogen) atoms. The smallest absolute Gasteiger partial charge is 0.0321 e. The molecule has 5 fully saturated rings. The van der Waals surface area contributed by atoms with Crippen molar-refractivity contribution in [3.05, 3.63) is 0 Å². The van der Waals surface area contributed by atoms with Gasteiger partial charge in [-0.1, -0.05) is 39.5 Å². The summed E-state index contributed by atoms with van der Waals surface area (Å²) in [6.45, 7) is 5.20. The van der Waals surface area contributed by atoms with Gasteiger partial charge in [-0.25, -0.2) is 0 Å². The monoisotopic (exact) mass is 300 g/mol. The predicted molar refractivity (Wildman–Crippen MR) is 92.4 cm³/mol. The molecule has 5 aliphatic carbocycles. The van der Waals surface area contributed by atoms with Crippen molar-refractivity contribution in [3.63, 3.8) is 0 Å². The Morgan fingerprint density at radius 2 is 0.773 bits per heavy atom. The fourth-order valence-corrected chi connectivity index (χ4v) is 8.90. The first-order valence-corrected chi connectivity index (χ1v) is 10.8. The number of fused-ring (bicyclic) bond motifs is 2. The maximum atomic E-state index is 2.60. The molecule has 0 aliphatic heterocycles. The minimum absolute atomic E-state index is 1.04. The van der Waals surface area contributed by atoms with Crippen molar-refractivity contribution >= 4 is 0 Å². The lowest BCUT2D eigenvalue weighted by molar-refractivity contribution is -0.157. The summed E-state index contributed by atoms with van der Waals surface area (Å²) in [4.78, 5) is 0. The molecular weight excluding hydrogens is 264 g/mol. The van der Waals surface area contributed by atoms with Crippen molar-refractivity contribution in [1.29, 1.82) is 0 Å². The molecule has 0 aromatic carbocycles. The summed E-state index contributed by atoms with van der Waals surface area (Å²) >= 11 is 0. The zero-order valence-electron chi connectivity index (χ0n) is 14.8. The molecule has 0 heterocycles. The van der Waals surface area contributed by atoms with Crippen LogP contribution in [0, 0.1) is 59.2 Å². The van der Waals surface area contributed by atoms with E-state index in [1.54, 1.807) is 64.2 Å². The highest BCUT2D eigenvalue weighted by Gasteiger charge is 2.58. The van der Waals surface area contributed by atoms with Crippen LogP contribution in [0.3, 0.4) is 0 Å². The summed E-state index contributed by atoms with van der Waals surface area (Å²) in [7, 11) is 0. The van der Waals surface area contributed by atoms with Crippen LogP contribution < -0.4 is 0 Å². The van der Waals surface area contributed by atoms with Crippen LogP contribution in [0.15, 0.2) is 0 Å². The highest BCUT2D eigenvalue weighted by atomic mass is 14.6. The van der Waals surface area contributed by atoms with Crippen molar-refractivity contribution in [3.8, 4) is 0 Å². The molecule has 0 aromatic rings. The minimum Gasteiger partial charge on any atom is -0.0622 e. The maximum absolute atomic E-state index is 2.60. The zero-order valence-corrected chi connectivity index (χ0v) is 14.8. The fourth-order valence-electron chi connectivity index (χ4n) is 8.90. The first-order chi connectivity index (χ1) is 10.8. The molecule has 0 spiro atoms. The molecule has 0 radical (unpaired) electrons. The molecule has 0 nitrogen and oxygen atoms in total. The maximum Gasteiger partial charge on any atom is -0.0321 e. The van der Waals surface area contributed by atoms with Crippen LogP contribution in [0.1, 0.15) is 78.1 Å². The Bertz CT molecular complexity index is 378. The highest BCUT2D eigenvalue weighted by molar-refractivity contribution is 5.07. The molecule has 0 saturated heterocycles. The molecule has 0 heteroatoms. The van der Waals surface area contributed by atoms with Crippen molar-refractivity contribution in [1.82, 2.24) is 0 Å². The molecule has 5 rings (SSSR count). The van der Waals surface area contributed by atoms with Gasteiger partial charge in [0, 0.05) is 0 Å². The zero-order chi connectivity index (χ0) is 14.8.